The van der Waals surface area contributed by atoms with Crippen molar-refractivity contribution in [1.29, 1.82) is 0 Å². The molecule has 1 N–H and O–H groups in total. The van der Waals surface area contributed by atoms with Gasteiger partial charge in [-0.25, -0.2) is 0 Å². The molecule has 2 aromatic rings. The van der Waals surface area contributed by atoms with E-state index in [1.807, 2.05) is 49.4 Å². The third-order valence-corrected chi connectivity index (χ3v) is 5.63. The van der Waals surface area contributed by atoms with Crippen LogP contribution in [-0.4, -0.2) is 35.9 Å². The average Bonchev–Trinajstić information content (AvgIpc) is 3.19. The highest BCUT2D eigenvalue weighted by molar-refractivity contribution is 7.80. The van der Waals surface area contributed by atoms with Gasteiger partial charge in [-0.05, 0) is 68.4 Å². The van der Waals surface area contributed by atoms with E-state index in [1.54, 1.807) is 0 Å². The van der Waals surface area contributed by atoms with Crippen molar-refractivity contribution in [1.82, 2.24) is 4.90 Å². The molecule has 150 valence electrons. The molecule has 1 saturated heterocycles. The highest BCUT2D eigenvalue weighted by atomic mass is 35.5. The summed E-state index contributed by atoms with van der Waals surface area (Å²) in [7, 11) is 0. The highest BCUT2D eigenvalue weighted by Gasteiger charge is 2.22. The molecule has 1 fully saturated rings. The molecule has 0 aromatic heterocycles. The number of hydrogen-bond donors (Lipinski definition) is 1. The van der Waals surface area contributed by atoms with Crippen LogP contribution < -0.4 is 10.1 Å². The number of nitrogens with one attached hydrogen (secondary N) is 1. The summed E-state index contributed by atoms with van der Waals surface area (Å²) in [6, 6.07) is 13.3. The molecule has 1 unspecified atom stereocenters. The van der Waals surface area contributed by atoms with Gasteiger partial charge in [-0.1, -0.05) is 29.3 Å². The van der Waals surface area contributed by atoms with Crippen LogP contribution in [0.1, 0.15) is 25.3 Å². The Balaban J connectivity index is 1.74. The Bertz CT molecular complexity index is 775. The molecule has 0 aliphatic carbocycles. The molecule has 0 spiro atoms. The van der Waals surface area contributed by atoms with Gasteiger partial charge in [0.2, 0.25) is 0 Å². The molecule has 7 heteroatoms. The average molecular weight is 439 g/mol. The first-order valence-corrected chi connectivity index (χ1v) is 10.6. The molecule has 1 heterocycles. The summed E-state index contributed by atoms with van der Waals surface area (Å²) in [5.41, 5.74) is 1.76. The lowest BCUT2D eigenvalue weighted by Crippen LogP contribution is -2.39. The standard InChI is InChI=1S/C21H24Cl2N2O2S/c1-2-26-16-10-8-15(9-11-16)24-21(28)25(13-17-5-4-12-27-17)14-18-19(22)6-3-7-20(18)23/h3,6-11,17H,2,4-5,12-14H2,1H3,(H,24,28). The van der Waals surface area contributed by atoms with E-state index in [1.165, 1.54) is 0 Å². The van der Waals surface area contributed by atoms with E-state index in [4.69, 9.17) is 44.9 Å². The van der Waals surface area contributed by atoms with Gasteiger partial charge in [-0.2, -0.15) is 0 Å². The largest absolute Gasteiger partial charge is 0.494 e. The summed E-state index contributed by atoms with van der Waals surface area (Å²) in [5, 5.41) is 5.18. The molecular formula is C21H24Cl2N2O2S. The Labute approximate surface area is 181 Å². The summed E-state index contributed by atoms with van der Waals surface area (Å²) < 4.78 is 11.3. The van der Waals surface area contributed by atoms with E-state index in [9.17, 15) is 0 Å². The number of benzene rings is 2. The van der Waals surface area contributed by atoms with Crippen LogP contribution in [0.3, 0.4) is 0 Å². The fourth-order valence-electron chi connectivity index (χ4n) is 3.13. The van der Waals surface area contributed by atoms with Gasteiger partial charge >= 0.3 is 0 Å². The van der Waals surface area contributed by atoms with Crippen molar-refractivity contribution in [3.05, 3.63) is 58.1 Å². The lowest BCUT2D eigenvalue weighted by Gasteiger charge is -2.29. The Morgan fingerprint density at radius 2 is 1.93 bits per heavy atom. The second kappa shape index (κ2) is 10.3. The van der Waals surface area contributed by atoms with Gasteiger partial charge in [0, 0.05) is 41.0 Å². The third-order valence-electron chi connectivity index (χ3n) is 4.56. The minimum atomic E-state index is 0.154. The number of anilines is 1. The van der Waals surface area contributed by atoms with Gasteiger partial charge in [0.15, 0.2) is 5.11 Å². The van der Waals surface area contributed by atoms with Crippen molar-refractivity contribution in [2.45, 2.75) is 32.4 Å². The summed E-state index contributed by atoms with van der Waals surface area (Å²) in [6.07, 6.45) is 2.25. The maximum atomic E-state index is 6.38. The topological polar surface area (TPSA) is 33.7 Å². The fourth-order valence-corrected chi connectivity index (χ4v) is 3.91. The van der Waals surface area contributed by atoms with E-state index in [-0.39, 0.29) is 6.10 Å². The van der Waals surface area contributed by atoms with Gasteiger partial charge in [-0.3, -0.25) is 0 Å². The first-order chi connectivity index (χ1) is 13.6. The molecule has 28 heavy (non-hydrogen) atoms. The van der Waals surface area contributed by atoms with Gasteiger partial charge < -0.3 is 19.7 Å². The molecule has 0 saturated carbocycles. The second-order valence-corrected chi connectivity index (χ2v) is 7.80. The van der Waals surface area contributed by atoms with Crippen LogP contribution >= 0.6 is 35.4 Å². The molecule has 3 rings (SSSR count). The lowest BCUT2D eigenvalue weighted by molar-refractivity contribution is 0.0905. The fraction of sp³-hybridized carbons (Fsp3) is 0.381. The van der Waals surface area contributed by atoms with E-state index in [2.05, 4.69) is 10.2 Å². The Morgan fingerprint density at radius 1 is 1.21 bits per heavy atom. The monoisotopic (exact) mass is 438 g/mol. The molecule has 1 aliphatic rings. The first-order valence-electron chi connectivity index (χ1n) is 9.40. The Morgan fingerprint density at radius 3 is 2.54 bits per heavy atom. The molecular weight excluding hydrogens is 415 g/mol. The van der Waals surface area contributed by atoms with Gasteiger partial charge in [-0.15, -0.1) is 0 Å². The van der Waals surface area contributed by atoms with Crippen LogP contribution in [0.15, 0.2) is 42.5 Å². The molecule has 0 amide bonds. The molecule has 1 aliphatic heterocycles. The van der Waals surface area contributed by atoms with E-state index < -0.39 is 0 Å². The smallest absolute Gasteiger partial charge is 0.173 e. The molecule has 0 radical (unpaired) electrons. The zero-order valence-electron chi connectivity index (χ0n) is 15.8. The van der Waals surface area contributed by atoms with E-state index >= 15 is 0 Å². The maximum Gasteiger partial charge on any atom is 0.173 e. The quantitative estimate of drug-likeness (QED) is 0.554. The summed E-state index contributed by atoms with van der Waals surface area (Å²) in [6.45, 7) is 4.60. The predicted octanol–water partition coefficient (Wildman–Crippen LogP) is 5.77. The Kier molecular flexibility index (Phi) is 7.80. The third kappa shape index (κ3) is 5.74. The zero-order chi connectivity index (χ0) is 19.9. The van der Waals surface area contributed by atoms with Crippen molar-refractivity contribution in [2.75, 3.05) is 25.1 Å². The van der Waals surface area contributed by atoms with Crippen molar-refractivity contribution in [3.63, 3.8) is 0 Å². The minimum Gasteiger partial charge on any atom is -0.494 e. The number of thiocarbonyl (C=S) groups is 1. The van der Waals surface area contributed by atoms with Crippen LogP contribution in [0.4, 0.5) is 5.69 Å². The maximum absolute atomic E-state index is 6.38. The normalized spacial score (nSPS) is 16.0. The van der Waals surface area contributed by atoms with Crippen LogP contribution in [0.5, 0.6) is 5.75 Å². The number of nitrogens with zero attached hydrogens (tertiary/aromatic N) is 1. The molecule has 4 nitrogen and oxygen atoms in total. The molecule has 1 atom stereocenters. The summed E-state index contributed by atoms with van der Waals surface area (Å²) in [5.74, 6) is 0.832. The number of ether oxygens (including phenoxy) is 2. The van der Waals surface area contributed by atoms with E-state index in [0.717, 1.165) is 36.4 Å². The predicted molar refractivity (Wildman–Crippen MR) is 120 cm³/mol. The SMILES string of the molecule is CCOc1ccc(NC(=S)N(Cc2c(Cl)cccc2Cl)CC2CCCO2)cc1. The van der Waals surface area contributed by atoms with Gasteiger partial charge in [0.1, 0.15) is 5.75 Å². The van der Waals surface area contributed by atoms with Crippen molar-refractivity contribution in [2.24, 2.45) is 0 Å². The summed E-state index contributed by atoms with van der Waals surface area (Å²) >= 11 is 18.5. The van der Waals surface area contributed by atoms with Crippen LogP contribution in [0, 0.1) is 0 Å². The van der Waals surface area contributed by atoms with Crippen molar-refractivity contribution in [3.8, 4) is 5.75 Å². The van der Waals surface area contributed by atoms with E-state index in [0.29, 0.717) is 34.9 Å². The lowest BCUT2D eigenvalue weighted by atomic mass is 10.2. The van der Waals surface area contributed by atoms with Crippen LogP contribution in [0.2, 0.25) is 10.0 Å². The van der Waals surface area contributed by atoms with Gasteiger partial charge in [0.05, 0.1) is 12.7 Å². The molecule has 0 bridgehead atoms. The molecule has 2 aromatic carbocycles. The number of rotatable bonds is 7. The first kappa shape index (κ1) is 21.2. The van der Waals surface area contributed by atoms with Crippen LogP contribution in [0.25, 0.3) is 0 Å². The zero-order valence-corrected chi connectivity index (χ0v) is 18.1. The Hall–Kier alpha value is -1.53. The highest BCUT2D eigenvalue weighted by Crippen LogP contribution is 2.27. The minimum absolute atomic E-state index is 0.154. The number of halogens is 2. The number of hydrogen-bond acceptors (Lipinski definition) is 3. The van der Waals surface area contributed by atoms with Crippen molar-refractivity contribution >= 4 is 46.2 Å². The van der Waals surface area contributed by atoms with Gasteiger partial charge in [0.25, 0.3) is 0 Å². The van der Waals surface area contributed by atoms with Crippen LogP contribution in [-0.2, 0) is 11.3 Å². The summed E-state index contributed by atoms with van der Waals surface area (Å²) in [4.78, 5) is 2.06. The second-order valence-electron chi connectivity index (χ2n) is 6.60. The van der Waals surface area contributed by atoms with Crippen molar-refractivity contribution < 1.29 is 9.47 Å².